The second-order valence-corrected chi connectivity index (χ2v) is 8.62. The van der Waals surface area contributed by atoms with Gasteiger partial charge in [0.1, 0.15) is 12.6 Å². The average Bonchev–Trinajstić information content (AvgIpc) is 2.81. The molecule has 0 bridgehead atoms. The summed E-state index contributed by atoms with van der Waals surface area (Å²) < 4.78 is 33.9. The largest absolute Gasteiger partial charge is 0.452 e. The number of nitrogen functional groups attached to an aromatic ring is 1. The van der Waals surface area contributed by atoms with Gasteiger partial charge in [-0.15, -0.1) is 11.6 Å². The highest BCUT2D eigenvalue weighted by molar-refractivity contribution is 7.90. The minimum atomic E-state index is -3.87. The van der Waals surface area contributed by atoms with Crippen LogP contribution in [0.25, 0.3) is 0 Å². The van der Waals surface area contributed by atoms with E-state index in [2.05, 4.69) is 18.6 Å². The molecular weight excluding hydrogens is 470 g/mol. The predicted octanol–water partition coefficient (Wildman–Crippen LogP) is 3.30. The van der Waals surface area contributed by atoms with Crippen molar-refractivity contribution in [3.63, 3.8) is 0 Å². The zero-order valence-electron chi connectivity index (χ0n) is 19.1. The number of nitrogens with zero attached hydrogens (tertiary/aromatic N) is 1. The number of amides is 2. The molecule has 33 heavy (non-hydrogen) atoms. The highest BCUT2D eigenvalue weighted by Crippen LogP contribution is 2.27. The van der Waals surface area contributed by atoms with Crippen LogP contribution in [-0.2, 0) is 37.1 Å². The molecule has 0 spiro atoms. The molecule has 0 aliphatic carbocycles. The molecule has 0 saturated carbocycles. The maximum Gasteiger partial charge on any atom is 0.420 e. The average molecular weight is 500 g/mol. The quantitative estimate of drug-likeness (QED) is 0.324. The van der Waals surface area contributed by atoms with Gasteiger partial charge in [-0.1, -0.05) is 32.0 Å². The first kappa shape index (κ1) is 28.2. The van der Waals surface area contributed by atoms with Gasteiger partial charge in [-0.05, 0) is 48.2 Å². The first-order chi connectivity index (χ1) is 15.6. The van der Waals surface area contributed by atoms with Crippen LogP contribution in [0.1, 0.15) is 25.0 Å². The van der Waals surface area contributed by atoms with Crippen molar-refractivity contribution in [2.45, 2.75) is 31.6 Å². The monoisotopic (exact) mass is 499 g/mol. The molecule has 11 heteroatoms. The minimum Gasteiger partial charge on any atom is -0.452 e. The van der Waals surface area contributed by atoms with Crippen LogP contribution in [0.5, 0.6) is 0 Å². The van der Waals surface area contributed by atoms with E-state index in [1.165, 1.54) is 24.3 Å². The van der Waals surface area contributed by atoms with Gasteiger partial charge in [0.15, 0.2) is 0 Å². The third-order valence-corrected chi connectivity index (χ3v) is 6.06. The summed E-state index contributed by atoms with van der Waals surface area (Å²) in [4.78, 5) is 24.3. The Morgan fingerprint density at radius 2 is 1.58 bits per heavy atom. The third-order valence-electron chi connectivity index (χ3n) is 4.50. The summed E-state index contributed by atoms with van der Waals surface area (Å²) >= 11 is 5.68. The lowest BCUT2D eigenvalue weighted by atomic mass is 10.0. The number of hydrogen-bond acceptors (Lipinski definition) is 7. The van der Waals surface area contributed by atoms with Crippen LogP contribution in [0, 0.1) is 0 Å². The van der Waals surface area contributed by atoms with Gasteiger partial charge in [-0.2, -0.15) is 0 Å². The highest BCUT2D eigenvalue weighted by atomic mass is 35.5. The van der Waals surface area contributed by atoms with E-state index in [1.807, 2.05) is 18.2 Å². The molecule has 3 N–H and O–H groups in total. The van der Waals surface area contributed by atoms with Gasteiger partial charge in [0, 0.05) is 12.8 Å². The van der Waals surface area contributed by atoms with Crippen LogP contribution in [0.2, 0.25) is 0 Å². The molecule has 2 rings (SSSR count). The lowest BCUT2D eigenvalue weighted by molar-refractivity contribution is -0.117. The molecule has 0 heterocycles. The van der Waals surface area contributed by atoms with Crippen molar-refractivity contribution in [2.75, 3.05) is 37.5 Å². The Hall–Kier alpha value is -2.82. The molecule has 0 aliphatic heterocycles. The molecule has 0 radical (unpaired) electrons. The fraction of sp³-hybridized carbons (Fsp3) is 0.364. The van der Waals surface area contributed by atoms with Crippen LogP contribution in [0.4, 0.5) is 16.2 Å². The summed E-state index contributed by atoms with van der Waals surface area (Å²) in [6, 6.07) is 11.5. The van der Waals surface area contributed by atoms with E-state index in [-0.39, 0.29) is 23.4 Å². The first-order valence-electron chi connectivity index (χ1n) is 10.1. The summed E-state index contributed by atoms with van der Waals surface area (Å²) in [6.07, 6.45) is 0.713. The maximum absolute atomic E-state index is 12.0. The van der Waals surface area contributed by atoms with Crippen LogP contribution < -0.4 is 15.4 Å². The molecular formula is C22H30ClN3O6S. The van der Waals surface area contributed by atoms with Crippen molar-refractivity contribution >= 4 is 45.0 Å². The third kappa shape index (κ3) is 8.23. The van der Waals surface area contributed by atoms with E-state index in [4.69, 9.17) is 22.1 Å². The Balaban J connectivity index is 0.000000335. The standard InChI is InChI=1S/C14H20ClNO2.C8H10N2O4S/c1-4-11-7-6-8-12(5-2)14(11)16(10-18-3)13(17)9-15;1-14-8(11)10-15(12,13)7-4-2-6(9)3-5-7/h6-8H,4-5,9-10H2,1-3H3;2-5H,9H2,1H3,(H,10,11). The van der Waals surface area contributed by atoms with Gasteiger partial charge >= 0.3 is 6.09 Å². The van der Waals surface area contributed by atoms with Gasteiger partial charge in [-0.25, -0.2) is 17.9 Å². The summed E-state index contributed by atoms with van der Waals surface area (Å²) in [7, 11) is -1.21. The maximum atomic E-state index is 12.0. The topological polar surface area (TPSA) is 128 Å². The van der Waals surface area contributed by atoms with Gasteiger partial charge in [-0.3, -0.25) is 9.69 Å². The van der Waals surface area contributed by atoms with Crippen molar-refractivity contribution in [1.82, 2.24) is 4.72 Å². The van der Waals surface area contributed by atoms with Gasteiger partial charge in [0.2, 0.25) is 5.91 Å². The van der Waals surface area contributed by atoms with Gasteiger partial charge in [0.25, 0.3) is 10.0 Å². The number of halogens is 1. The molecule has 0 unspecified atom stereocenters. The molecule has 182 valence electrons. The van der Waals surface area contributed by atoms with Crippen LogP contribution >= 0.6 is 11.6 Å². The summed E-state index contributed by atoms with van der Waals surface area (Å²) in [5.74, 6) is -0.168. The van der Waals surface area contributed by atoms with Crippen molar-refractivity contribution in [3.05, 3.63) is 53.6 Å². The molecule has 2 aromatic rings. The zero-order valence-corrected chi connectivity index (χ0v) is 20.7. The molecule has 0 atom stereocenters. The van der Waals surface area contributed by atoms with Crippen molar-refractivity contribution in [2.24, 2.45) is 0 Å². The number of sulfonamides is 1. The normalized spacial score (nSPS) is 10.6. The second-order valence-electron chi connectivity index (χ2n) is 6.67. The van der Waals surface area contributed by atoms with Crippen LogP contribution in [0.15, 0.2) is 47.4 Å². The Morgan fingerprint density at radius 3 is 2.00 bits per heavy atom. The van der Waals surface area contributed by atoms with E-state index < -0.39 is 16.1 Å². The molecule has 2 amide bonds. The van der Waals surface area contributed by atoms with E-state index in [0.29, 0.717) is 5.69 Å². The number of hydrogen-bond donors (Lipinski definition) is 2. The number of rotatable bonds is 8. The number of ether oxygens (including phenoxy) is 2. The predicted molar refractivity (Wildman–Crippen MR) is 129 cm³/mol. The van der Waals surface area contributed by atoms with E-state index in [9.17, 15) is 18.0 Å². The molecule has 0 aliphatic rings. The molecule has 9 nitrogen and oxygen atoms in total. The number of aryl methyl sites for hydroxylation is 2. The fourth-order valence-electron chi connectivity index (χ4n) is 2.88. The number of alkyl halides is 1. The first-order valence-corrected chi connectivity index (χ1v) is 12.1. The number of benzene rings is 2. The Morgan fingerprint density at radius 1 is 1.03 bits per heavy atom. The molecule has 2 aromatic carbocycles. The summed E-state index contributed by atoms with van der Waals surface area (Å²) in [5, 5.41) is 0. The molecule has 0 aromatic heterocycles. The number of anilines is 2. The SMILES string of the molecule is CCc1cccc(CC)c1N(COC)C(=O)CCl.COC(=O)NS(=O)(=O)c1ccc(N)cc1. The second kappa shape index (κ2) is 13.7. The lowest BCUT2D eigenvalue weighted by Gasteiger charge is -2.26. The zero-order chi connectivity index (χ0) is 25.0. The van der Waals surface area contributed by atoms with Crippen molar-refractivity contribution in [3.8, 4) is 0 Å². The van der Waals surface area contributed by atoms with E-state index in [0.717, 1.165) is 36.8 Å². The van der Waals surface area contributed by atoms with Crippen LogP contribution in [0.3, 0.4) is 0 Å². The molecule has 0 saturated heterocycles. The Kier molecular flexibility index (Phi) is 11.7. The van der Waals surface area contributed by atoms with Crippen molar-refractivity contribution < 1.29 is 27.5 Å². The number of methoxy groups -OCH3 is 2. The van der Waals surface area contributed by atoms with Gasteiger partial charge in [0.05, 0.1) is 17.7 Å². The van der Waals surface area contributed by atoms with E-state index >= 15 is 0 Å². The van der Waals surface area contributed by atoms with E-state index in [1.54, 1.807) is 16.7 Å². The summed E-state index contributed by atoms with van der Waals surface area (Å²) in [6.45, 7) is 4.39. The minimum absolute atomic E-state index is 0.0371. The number of nitrogens with two attached hydrogens (primary N) is 1. The Bertz CT molecular complexity index is 1010. The van der Waals surface area contributed by atoms with Gasteiger partial charge < -0.3 is 15.2 Å². The number of carbonyl (C=O) groups is 2. The summed E-state index contributed by atoms with van der Waals surface area (Å²) in [5.41, 5.74) is 9.07. The highest BCUT2D eigenvalue weighted by Gasteiger charge is 2.20. The number of nitrogens with one attached hydrogen (secondary N) is 1. The van der Waals surface area contributed by atoms with Crippen LogP contribution in [-0.4, -0.2) is 47.2 Å². The molecule has 0 fully saturated rings. The lowest BCUT2D eigenvalue weighted by Crippen LogP contribution is -2.35. The smallest absolute Gasteiger partial charge is 0.420 e. The number of para-hydroxylation sites is 1. The van der Waals surface area contributed by atoms with Crippen molar-refractivity contribution in [1.29, 1.82) is 0 Å². The fourth-order valence-corrected chi connectivity index (χ4v) is 3.94. The number of carbonyl (C=O) groups excluding carboxylic acids is 2. The Labute approximate surface area is 199 Å².